The van der Waals surface area contributed by atoms with Crippen molar-refractivity contribution in [2.24, 2.45) is 9.98 Å². The second kappa shape index (κ2) is 14.6. The van der Waals surface area contributed by atoms with Crippen molar-refractivity contribution in [1.29, 1.82) is 0 Å². The van der Waals surface area contributed by atoms with E-state index in [4.69, 9.17) is 34.9 Å². The zero-order valence-electron chi connectivity index (χ0n) is 32.8. The smallest absolute Gasteiger partial charge is 0.164 e. The number of hydrogen-bond donors (Lipinski definition) is 1. The Morgan fingerprint density at radius 2 is 1.10 bits per heavy atom. The minimum absolute atomic E-state index is 0.0848. The van der Waals surface area contributed by atoms with Crippen LogP contribution in [0.3, 0.4) is 0 Å². The predicted octanol–water partition coefficient (Wildman–Crippen LogP) is 9.61. The minimum Gasteiger partial charge on any atom is -0.352 e. The van der Waals surface area contributed by atoms with Gasteiger partial charge in [-0.25, -0.2) is 39.9 Å². The van der Waals surface area contributed by atoms with Gasteiger partial charge in [-0.1, -0.05) is 72.8 Å². The Balaban J connectivity index is 1.23. The average molecular weight is 768 g/mol. The number of aromatic nitrogens is 8. The highest BCUT2D eigenvalue weighted by Crippen LogP contribution is 2.39. The zero-order chi connectivity index (χ0) is 40.0. The van der Waals surface area contributed by atoms with Crippen molar-refractivity contribution < 1.29 is 0 Å². The molecule has 0 aliphatic carbocycles. The van der Waals surface area contributed by atoms with Gasteiger partial charge in [-0.2, -0.15) is 0 Å². The molecule has 9 aromatic rings. The maximum atomic E-state index is 5.17. The summed E-state index contributed by atoms with van der Waals surface area (Å²) in [7, 11) is 0. The number of rotatable bonds is 7. The van der Waals surface area contributed by atoms with E-state index in [9.17, 15) is 0 Å². The SMILES string of the molecule is CC1=NC(c2ccc3c(c2)c2cc(-c4nc(C)nc(C)n4)ccc2n3-c2ccc(-c3cccnc3)c(-c3nc(-c4ccccc4)nc(-c4ccccc4)n3)c2)=NC(C)N1. The van der Waals surface area contributed by atoms with Gasteiger partial charge in [0.05, 0.1) is 11.0 Å². The highest BCUT2D eigenvalue weighted by molar-refractivity contribution is 6.15. The molecule has 11 heteroatoms. The number of nitrogens with zero attached hydrogens (tertiary/aromatic N) is 10. The highest BCUT2D eigenvalue weighted by atomic mass is 15.2. The standard InChI is InChI=1S/C48H37N11/c1-28-50-29(2)53-46(52-28)34-17-21-42-39(24-34)40-25-35(47-54-30(3)51-31(4)55-47)18-22-43(40)59(42)37-19-20-38(36-16-11-23-49-27-36)41(26-37)48-57-44(32-12-7-5-8-13-32)56-45(58-48)33-14-9-6-10-15-33/h5-28H,1-4H3,(H,50,52,53). The number of aliphatic imine (C=N–C) groups is 2. The molecule has 0 saturated heterocycles. The molecule has 5 aromatic carbocycles. The highest BCUT2D eigenvalue weighted by Gasteiger charge is 2.21. The first-order valence-corrected chi connectivity index (χ1v) is 19.4. The topological polar surface area (TPSA) is 132 Å². The van der Waals surface area contributed by atoms with E-state index in [-0.39, 0.29) is 6.17 Å². The molecule has 10 rings (SSSR count). The van der Waals surface area contributed by atoms with Crippen molar-refractivity contribution in [3.8, 4) is 62.4 Å². The predicted molar refractivity (Wildman–Crippen MR) is 234 cm³/mol. The Bertz CT molecular complexity index is 3040. The van der Waals surface area contributed by atoms with Crippen LogP contribution in [0.1, 0.15) is 31.1 Å². The Kier molecular flexibility index (Phi) is 8.82. The third-order valence-corrected chi connectivity index (χ3v) is 10.3. The van der Waals surface area contributed by atoms with Crippen molar-refractivity contribution in [3.63, 3.8) is 0 Å². The molecule has 1 unspecified atom stereocenters. The van der Waals surface area contributed by atoms with Gasteiger partial charge >= 0.3 is 0 Å². The van der Waals surface area contributed by atoms with E-state index in [1.54, 1.807) is 6.20 Å². The fourth-order valence-electron chi connectivity index (χ4n) is 7.76. The molecule has 0 bridgehead atoms. The number of fused-ring (bicyclic) bond motifs is 3. The Labute approximate surface area is 340 Å². The molecular formula is C48H37N11. The number of amidine groups is 2. The van der Waals surface area contributed by atoms with Crippen LogP contribution in [0.4, 0.5) is 0 Å². The number of hydrogen-bond acceptors (Lipinski definition) is 10. The van der Waals surface area contributed by atoms with Gasteiger partial charge in [0.1, 0.15) is 23.7 Å². The molecule has 0 fully saturated rings. The van der Waals surface area contributed by atoms with Crippen LogP contribution in [0.2, 0.25) is 0 Å². The molecule has 11 nitrogen and oxygen atoms in total. The summed E-state index contributed by atoms with van der Waals surface area (Å²) in [5.74, 6) is 5.23. The second-order valence-corrected chi connectivity index (χ2v) is 14.5. The first kappa shape index (κ1) is 35.6. The monoisotopic (exact) mass is 767 g/mol. The van der Waals surface area contributed by atoms with E-state index in [0.717, 1.165) is 72.3 Å². The van der Waals surface area contributed by atoms with Gasteiger partial charge < -0.3 is 9.88 Å². The fraction of sp³-hybridized carbons (Fsp3) is 0.104. The van der Waals surface area contributed by atoms with Gasteiger partial charge in [-0.15, -0.1) is 0 Å². The molecule has 5 heterocycles. The lowest BCUT2D eigenvalue weighted by atomic mass is 9.99. The Morgan fingerprint density at radius 3 is 1.73 bits per heavy atom. The average Bonchev–Trinajstić information content (AvgIpc) is 3.59. The van der Waals surface area contributed by atoms with Crippen molar-refractivity contribution >= 4 is 33.5 Å². The third-order valence-electron chi connectivity index (χ3n) is 10.3. The molecule has 1 aliphatic heterocycles. The third kappa shape index (κ3) is 6.78. The Morgan fingerprint density at radius 1 is 0.508 bits per heavy atom. The van der Waals surface area contributed by atoms with Crippen molar-refractivity contribution in [1.82, 2.24) is 44.8 Å². The number of pyridine rings is 1. The van der Waals surface area contributed by atoms with Gasteiger partial charge in [-0.3, -0.25) is 4.98 Å². The lowest BCUT2D eigenvalue weighted by Gasteiger charge is -2.17. The number of benzene rings is 5. The van der Waals surface area contributed by atoms with Crippen molar-refractivity contribution in [2.45, 2.75) is 33.9 Å². The van der Waals surface area contributed by atoms with Crippen LogP contribution in [0.5, 0.6) is 0 Å². The van der Waals surface area contributed by atoms with Gasteiger partial charge in [0.15, 0.2) is 29.1 Å². The molecule has 1 aliphatic rings. The molecule has 59 heavy (non-hydrogen) atoms. The lowest BCUT2D eigenvalue weighted by Crippen LogP contribution is -2.34. The molecule has 0 spiro atoms. The van der Waals surface area contributed by atoms with Crippen LogP contribution in [0, 0.1) is 13.8 Å². The fourth-order valence-corrected chi connectivity index (χ4v) is 7.76. The lowest BCUT2D eigenvalue weighted by molar-refractivity contribution is 0.688. The van der Waals surface area contributed by atoms with Gasteiger partial charge in [0.25, 0.3) is 0 Å². The van der Waals surface area contributed by atoms with Crippen LogP contribution >= 0.6 is 0 Å². The van der Waals surface area contributed by atoms with Crippen molar-refractivity contribution in [2.75, 3.05) is 0 Å². The van der Waals surface area contributed by atoms with Crippen LogP contribution in [0.25, 0.3) is 84.2 Å². The molecular weight excluding hydrogens is 731 g/mol. The summed E-state index contributed by atoms with van der Waals surface area (Å²) >= 11 is 0. The molecule has 1 atom stereocenters. The summed E-state index contributed by atoms with van der Waals surface area (Å²) < 4.78 is 2.29. The molecule has 284 valence electrons. The van der Waals surface area contributed by atoms with Gasteiger partial charge in [0.2, 0.25) is 0 Å². The second-order valence-electron chi connectivity index (χ2n) is 14.5. The van der Waals surface area contributed by atoms with E-state index in [1.807, 2.05) is 101 Å². The first-order valence-electron chi connectivity index (χ1n) is 19.4. The first-order chi connectivity index (χ1) is 28.8. The summed E-state index contributed by atoms with van der Waals surface area (Å²) in [6.45, 7) is 7.77. The van der Waals surface area contributed by atoms with Crippen LogP contribution < -0.4 is 5.32 Å². The van der Waals surface area contributed by atoms with Gasteiger partial charge in [0, 0.05) is 62.2 Å². The zero-order valence-corrected chi connectivity index (χ0v) is 32.8. The Hall–Kier alpha value is -7.79. The summed E-state index contributed by atoms with van der Waals surface area (Å²) in [6, 6.07) is 43.4. The maximum Gasteiger partial charge on any atom is 0.164 e. The molecule has 0 radical (unpaired) electrons. The quantitative estimate of drug-likeness (QED) is 0.170. The molecule has 1 N–H and O–H groups in total. The minimum atomic E-state index is -0.0848. The molecule has 0 saturated carbocycles. The van der Waals surface area contributed by atoms with Crippen molar-refractivity contribution in [3.05, 3.63) is 157 Å². The summed E-state index contributed by atoms with van der Waals surface area (Å²) in [5, 5.41) is 5.37. The van der Waals surface area contributed by atoms with E-state index in [1.165, 1.54) is 0 Å². The van der Waals surface area contributed by atoms with Crippen LogP contribution in [-0.2, 0) is 0 Å². The summed E-state index contributed by atoms with van der Waals surface area (Å²) in [4.78, 5) is 43.3. The summed E-state index contributed by atoms with van der Waals surface area (Å²) in [6.07, 6.45) is 3.57. The van der Waals surface area contributed by atoms with Crippen LogP contribution in [-0.4, -0.2) is 57.3 Å². The number of nitrogens with one attached hydrogen (secondary N) is 1. The van der Waals surface area contributed by atoms with E-state index in [0.29, 0.717) is 40.8 Å². The largest absolute Gasteiger partial charge is 0.352 e. The van der Waals surface area contributed by atoms with E-state index in [2.05, 4.69) is 80.5 Å². The van der Waals surface area contributed by atoms with E-state index < -0.39 is 0 Å². The summed E-state index contributed by atoms with van der Waals surface area (Å²) in [5.41, 5.74) is 9.33. The number of aryl methyl sites for hydroxylation is 2. The van der Waals surface area contributed by atoms with Gasteiger partial charge in [-0.05, 0) is 87.9 Å². The maximum absolute atomic E-state index is 5.17. The molecule has 4 aromatic heterocycles. The van der Waals surface area contributed by atoms with E-state index >= 15 is 0 Å². The van der Waals surface area contributed by atoms with Crippen LogP contribution in [0.15, 0.2) is 150 Å². The molecule has 0 amide bonds. The normalized spacial score (nSPS) is 13.9.